The minimum absolute atomic E-state index is 0.00615. The van der Waals surface area contributed by atoms with Gasteiger partial charge in [0.15, 0.2) is 0 Å². The molecule has 0 spiro atoms. The Hall–Kier alpha value is 1.49. The van der Waals surface area contributed by atoms with Gasteiger partial charge >= 0.3 is 0 Å². The molecule has 0 atom stereocenters. The van der Waals surface area contributed by atoms with E-state index in [4.69, 9.17) is 41.7 Å². The molecule has 2 aliphatic rings. The van der Waals surface area contributed by atoms with Crippen molar-refractivity contribution in [3.8, 4) is 0 Å². The Balaban J connectivity index is 1.98. The second-order valence-electron chi connectivity index (χ2n) is 6.40. The topological polar surface area (TPSA) is 36.9 Å². The number of rotatable bonds is 2. The van der Waals surface area contributed by atoms with Crippen molar-refractivity contribution in [3.05, 3.63) is 0 Å². The standard InChI is InChI=1S/C10H20O4P2S3/c1-9(2)5-11-15(17,12-6-9)19-16(18)13-7-10(3,4)8-14-16/h5-8H2,1-4H3. The van der Waals surface area contributed by atoms with Crippen LogP contribution in [0.5, 0.6) is 0 Å². The van der Waals surface area contributed by atoms with E-state index in [0.717, 1.165) is 0 Å². The quantitative estimate of drug-likeness (QED) is 0.677. The predicted molar refractivity (Wildman–Crippen MR) is 87.5 cm³/mol. The summed E-state index contributed by atoms with van der Waals surface area (Å²) in [5.41, 5.74) is -4.84. The maximum atomic E-state index is 5.77. The summed E-state index contributed by atoms with van der Waals surface area (Å²) in [5, 5.41) is 0. The second kappa shape index (κ2) is 5.60. The lowest BCUT2D eigenvalue weighted by Crippen LogP contribution is -2.30. The third-order valence-corrected chi connectivity index (χ3v) is 15.8. The highest BCUT2D eigenvalue weighted by Gasteiger charge is 2.42. The lowest BCUT2D eigenvalue weighted by molar-refractivity contribution is 0.0645. The molecule has 0 aromatic heterocycles. The third kappa shape index (κ3) is 4.73. The molecular formula is C10H20O4P2S3. The van der Waals surface area contributed by atoms with E-state index in [1.165, 1.54) is 11.0 Å². The van der Waals surface area contributed by atoms with Crippen LogP contribution in [-0.2, 0) is 41.7 Å². The van der Waals surface area contributed by atoms with Crippen LogP contribution in [0.3, 0.4) is 0 Å². The fourth-order valence-corrected chi connectivity index (χ4v) is 16.3. The van der Waals surface area contributed by atoms with Gasteiger partial charge in [-0.1, -0.05) is 27.7 Å². The summed E-state index contributed by atoms with van der Waals surface area (Å²) >= 11 is 12.3. The lowest BCUT2D eigenvalue weighted by atomic mass is 9.97. The van der Waals surface area contributed by atoms with Gasteiger partial charge in [-0.05, 0) is 23.6 Å². The van der Waals surface area contributed by atoms with Crippen molar-refractivity contribution in [2.75, 3.05) is 26.4 Å². The molecule has 0 aromatic carbocycles. The summed E-state index contributed by atoms with van der Waals surface area (Å²) in [7, 11) is 0. The Morgan fingerprint density at radius 2 is 1.00 bits per heavy atom. The molecule has 0 radical (unpaired) electrons. The van der Waals surface area contributed by atoms with Crippen molar-refractivity contribution in [2.24, 2.45) is 10.8 Å². The number of hydrogen-bond acceptors (Lipinski definition) is 7. The van der Waals surface area contributed by atoms with Gasteiger partial charge in [-0.2, -0.15) is 0 Å². The first-order valence-corrected chi connectivity index (χ1v) is 13.3. The molecule has 19 heavy (non-hydrogen) atoms. The number of hydrogen-bond donors (Lipinski definition) is 0. The highest BCUT2D eigenvalue weighted by atomic mass is 33.2. The van der Waals surface area contributed by atoms with E-state index in [2.05, 4.69) is 27.7 Å². The van der Waals surface area contributed by atoms with Crippen LogP contribution < -0.4 is 0 Å². The molecule has 2 rings (SSSR count). The van der Waals surface area contributed by atoms with Gasteiger partial charge in [0.1, 0.15) is 0 Å². The molecule has 0 amide bonds. The summed E-state index contributed by atoms with van der Waals surface area (Å²) in [5.74, 6) is 0. The van der Waals surface area contributed by atoms with Gasteiger partial charge in [0, 0.05) is 21.8 Å². The van der Waals surface area contributed by atoms with E-state index in [1.807, 2.05) is 0 Å². The molecule has 0 saturated carbocycles. The van der Waals surface area contributed by atoms with Gasteiger partial charge in [0.05, 0.1) is 26.4 Å². The van der Waals surface area contributed by atoms with E-state index in [1.54, 1.807) is 0 Å². The summed E-state index contributed by atoms with van der Waals surface area (Å²) in [6, 6.07) is 0. The maximum absolute atomic E-state index is 5.77. The Morgan fingerprint density at radius 3 is 1.26 bits per heavy atom. The van der Waals surface area contributed by atoms with Crippen molar-refractivity contribution in [1.82, 2.24) is 0 Å². The van der Waals surface area contributed by atoms with Crippen LogP contribution in [0.15, 0.2) is 0 Å². The van der Waals surface area contributed by atoms with Crippen molar-refractivity contribution in [2.45, 2.75) is 27.7 Å². The molecule has 4 nitrogen and oxygen atoms in total. The van der Waals surface area contributed by atoms with Crippen LogP contribution in [0.1, 0.15) is 27.7 Å². The SMILES string of the molecule is CC1(C)COP(=S)(SP2(=S)OCC(C)(C)CO2)OC1. The van der Waals surface area contributed by atoms with Crippen LogP contribution in [0.25, 0.3) is 0 Å². The first-order valence-electron chi connectivity index (χ1n) is 6.03. The zero-order valence-electron chi connectivity index (χ0n) is 11.6. The van der Waals surface area contributed by atoms with Crippen LogP contribution in [0.2, 0.25) is 0 Å². The highest BCUT2D eigenvalue weighted by molar-refractivity contribution is 8.96. The van der Waals surface area contributed by atoms with E-state index in [0.29, 0.717) is 26.4 Å². The fourth-order valence-electron chi connectivity index (χ4n) is 1.39. The van der Waals surface area contributed by atoms with Gasteiger partial charge < -0.3 is 18.1 Å². The van der Waals surface area contributed by atoms with Crippen molar-refractivity contribution < 1.29 is 18.1 Å². The average molecular weight is 362 g/mol. The first kappa shape index (κ1) is 16.9. The first-order chi connectivity index (χ1) is 8.54. The van der Waals surface area contributed by atoms with Crippen LogP contribution >= 0.6 is 22.4 Å². The summed E-state index contributed by atoms with van der Waals surface area (Å²) in [6.45, 7) is 10.7. The molecule has 0 bridgehead atoms. The van der Waals surface area contributed by atoms with E-state index < -0.39 is 11.4 Å². The van der Waals surface area contributed by atoms with Crippen molar-refractivity contribution in [3.63, 3.8) is 0 Å². The van der Waals surface area contributed by atoms with Crippen LogP contribution in [0.4, 0.5) is 0 Å². The normalized spacial score (nSPS) is 31.8. The Labute approximate surface area is 129 Å². The molecule has 0 N–H and O–H groups in total. The minimum Gasteiger partial charge on any atom is -0.321 e. The molecule has 2 saturated heterocycles. The minimum atomic E-state index is -2.42. The van der Waals surface area contributed by atoms with Gasteiger partial charge in [-0.3, -0.25) is 0 Å². The molecule has 112 valence electrons. The van der Waals surface area contributed by atoms with E-state index in [9.17, 15) is 0 Å². The smallest absolute Gasteiger partial charge is 0.256 e. The largest absolute Gasteiger partial charge is 0.321 e. The second-order valence-corrected chi connectivity index (χ2v) is 18.5. The van der Waals surface area contributed by atoms with Crippen LogP contribution in [0, 0.1) is 10.8 Å². The lowest BCUT2D eigenvalue weighted by Gasteiger charge is -2.40. The molecule has 0 aromatic rings. The summed E-state index contributed by atoms with van der Waals surface area (Å²) < 4.78 is 23.1. The molecule has 0 unspecified atom stereocenters. The molecular weight excluding hydrogens is 342 g/mol. The van der Waals surface area contributed by atoms with Gasteiger partial charge in [-0.15, -0.1) is 0 Å². The molecule has 2 aliphatic heterocycles. The summed E-state index contributed by atoms with van der Waals surface area (Å²) in [6.07, 6.45) is 0. The predicted octanol–water partition coefficient (Wildman–Crippen LogP) is 4.31. The molecule has 9 heteroatoms. The van der Waals surface area contributed by atoms with Crippen molar-refractivity contribution >= 4 is 46.0 Å². The zero-order chi connectivity index (χ0) is 14.4. The Kier molecular flexibility index (Phi) is 4.97. The molecule has 0 aliphatic carbocycles. The zero-order valence-corrected chi connectivity index (χ0v) is 15.8. The average Bonchev–Trinajstić information content (AvgIpc) is 2.29. The van der Waals surface area contributed by atoms with Gasteiger partial charge in [-0.25, -0.2) is 0 Å². The Morgan fingerprint density at radius 1 is 0.737 bits per heavy atom. The molecule has 2 fully saturated rings. The fraction of sp³-hybridized carbons (Fsp3) is 1.00. The molecule has 2 heterocycles. The van der Waals surface area contributed by atoms with Gasteiger partial charge in [0.2, 0.25) is 0 Å². The van der Waals surface area contributed by atoms with Crippen molar-refractivity contribution in [1.29, 1.82) is 0 Å². The van der Waals surface area contributed by atoms with E-state index in [-0.39, 0.29) is 10.8 Å². The van der Waals surface area contributed by atoms with Gasteiger partial charge in [0.25, 0.3) is 11.4 Å². The van der Waals surface area contributed by atoms with E-state index >= 15 is 0 Å². The highest BCUT2D eigenvalue weighted by Crippen LogP contribution is 2.81. The Bertz CT molecular complexity index is 384. The maximum Gasteiger partial charge on any atom is 0.256 e. The summed E-state index contributed by atoms with van der Waals surface area (Å²) in [4.78, 5) is 0. The monoisotopic (exact) mass is 362 g/mol. The third-order valence-electron chi connectivity index (χ3n) is 2.65. The van der Waals surface area contributed by atoms with Crippen LogP contribution in [-0.4, -0.2) is 26.4 Å².